The van der Waals surface area contributed by atoms with E-state index in [9.17, 15) is 9.18 Å². The number of nitrogens with one attached hydrogen (secondary N) is 1. The molecule has 2 aromatic heterocycles. The molecule has 7 heteroatoms. The van der Waals surface area contributed by atoms with Crippen molar-refractivity contribution in [3.63, 3.8) is 0 Å². The molecule has 0 aliphatic carbocycles. The molecule has 0 bridgehead atoms. The summed E-state index contributed by atoms with van der Waals surface area (Å²) in [6.45, 7) is 0. The first-order valence-corrected chi connectivity index (χ1v) is 7.74. The number of rotatable bonds is 4. The number of nitrogens with zero attached hydrogens (tertiary/aromatic N) is 2. The molecule has 0 saturated carbocycles. The maximum absolute atomic E-state index is 13.7. The summed E-state index contributed by atoms with van der Waals surface area (Å²) in [5.74, 6) is -0.125. The summed E-state index contributed by atoms with van der Waals surface area (Å²) in [5, 5.41) is 10.6. The zero-order valence-electron chi connectivity index (χ0n) is 13.3. The Bertz CT molecular complexity index is 1060. The van der Waals surface area contributed by atoms with Crippen LogP contribution in [0.25, 0.3) is 23.1 Å². The van der Waals surface area contributed by atoms with Gasteiger partial charge in [0.05, 0.1) is 11.8 Å². The molecule has 1 amide bonds. The second-order valence-electron chi connectivity index (χ2n) is 5.40. The van der Waals surface area contributed by atoms with Gasteiger partial charge < -0.3 is 14.2 Å². The van der Waals surface area contributed by atoms with E-state index in [0.717, 1.165) is 0 Å². The van der Waals surface area contributed by atoms with E-state index in [0.29, 0.717) is 17.0 Å². The highest BCUT2D eigenvalue weighted by atomic mass is 19.1. The lowest BCUT2D eigenvalue weighted by molar-refractivity contribution is 0.102. The van der Waals surface area contributed by atoms with Crippen molar-refractivity contribution in [1.82, 2.24) is 10.2 Å². The maximum atomic E-state index is 13.7. The number of aromatic nitrogens is 2. The third kappa shape index (κ3) is 3.10. The third-order valence-corrected chi connectivity index (χ3v) is 3.64. The largest absolute Gasteiger partial charge is 0.459 e. The Morgan fingerprint density at radius 2 is 1.81 bits per heavy atom. The Kier molecular flexibility index (Phi) is 4.03. The number of amides is 1. The van der Waals surface area contributed by atoms with Crippen LogP contribution in [0.5, 0.6) is 0 Å². The predicted molar refractivity (Wildman–Crippen MR) is 91.8 cm³/mol. The molecular weight excluding hydrogens is 337 g/mol. The Labute approximate surface area is 147 Å². The first-order valence-electron chi connectivity index (χ1n) is 7.74. The van der Waals surface area contributed by atoms with E-state index in [4.69, 9.17) is 8.83 Å². The van der Waals surface area contributed by atoms with Crippen molar-refractivity contribution in [3.05, 3.63) is 78.3 Å². The highest BCUT2D eigenvalue weighted by Gasteiger charge is 2.14. The number of hydrogen-bond acceptors (Lipinski definition) is 5. The zero-order chi connectivity index (χ0) is 17.9. The van der Waals surface area contributed by atoms with Gasteiger partial charge >= 0.3 is 0 Å². The number of carbonyl (C=O) groups excluding carboxylic acids is 1. The number of anilines is 1. The molecule has 2 heterocycles. The molecular formula is C19H12FN3O3. The molecule has 0 unspecified atom stereocenters. The molecule has 4 aromatic rings. The molecule has 128 valence electrons. The highest BCUT2D eigenvalue weighted by molar-refractivity contribution is 6.04. The molecule has 0 atom stereocenters. The monoisotopic (exact) mass is 349 g/mol. The lowest BCUT2D eigenvalue weighted by Gasteiger charge is -2.06. The predicted octanol–water partition coefficient (Wildman–Crippen LogP) is 4.39. The molecule has 1 N–H and O–H groups in total. The summed E-state index contributed by atoms with van der Waals surface area (Å²) in [6, 6.07) is 16.1. The topological polar surface area (TPSA) is 81.2 Å². The highest BCUT2D eigenvalue weighted by Crippen LogP contribution is 2.26. The Morgan fingerprint density at radius 1 is 0.962 bits per heavy atom. The fourth-order valence-corrected chi connectivity index (χ4v) is 2.41. The second-order valence-corrected chi connectivity index (χ2v) is 5.40. The summed E-state index contributed by atoms with van der Waals surface area (Å²) in [5.41, 5.74) is 1.06. The van der Waals surface area contributed by atoms with Crippen molar-refractivity contribution in [3.8, 4) is 23.1 Å². The Morgan fingerprint density at radius 3 is 2.62 bits per heavy atom. The van der Waals surface area contributed by atoms with E-state index in [1.54, 1.807) is 42.5 Å². The van der Waals surface area contributed by atoms with Crippen LogP contribution in [0.1, 0.15) is 10.4 Å². The van der Waals surface area contributed by atoms with Gasteiger partial charge in [-0.2, -0.15) is 0 Å². The van der Waals surface area contributed by atoms with E-state index in [2.05, 4.69) is 15.5 Å². The first-order chi connectivity index (χ1) is 12.7. The van der Waals surface area contributed by atoms with E-state index < -0.39 is 11.7 Å². The average molecular weight is 349 g/mol. The van der Waals surface area contributed by atoms with E-state index in [1.165, 1.54) is 24.5 Å². The quantitative estimate of drug-likeness (QED) is 0.591. The van der Waals surface area contributed by atoms with Gasteiger partial charge in [-0.3, -0.25) is 4.79 Å². The number of carbonyl (C=O) groups is 1. The molecule has 0 saturated heterocycles. The minimum Gasteiger partial charge on any atom is -0.459 e. The summed E-state index contributed by atoms with van der Waals surface area (Å²) in [4.78, 5) is 12.2. The lowest BCUT2D eigenvalue weighted by atomic mass is 10.1. The third-order valence-electron chi connectivity index (χ3n) is 3.64. The summed E-state index contributed by atoms with van der Waals surface area (Å²) >= 11 is 0. The van der Waals surface area contributed by atoms with Crippen molar-refractivity contribution in [1.29, 1.82) is 0 Å². The van der Waals surface area contributed by atoms with Gasteiger partial charge in [0.25, 0.3) is 11.8 Å². The van der Waals surface area contributed by atoms with Crippen molar-refractivity contribution >= 4 is 11.6 Å². The summed E-state index contributed by atoms with van der Waals surface area (Å²) in [6.07, 6.45) is 1.51. The standard InChI is InChI=1S/C19H12FN3O3/c20-15-8-2-1-7-14(15)17(24)21-13-6-3-5-12(11-13)18-22-23-19(26-18)16-9-4-10-25-16/h1-11H,(H,21,24). The lowest BCUT2D eigenvalue weighted by Crippen LogP contribution is -2.13. The van der Waals surface area contributed by atoms with Gasteiger partial charge in [-0.05, 0) is 42.5 Å². The average Bonchev–Trinajstić information content (AvgIpc) is 3.34. The van der Waals surface area contributed by atoms with Gasteiger partial charge in [0.2, 0.25) is 5.89 Å². The Balaban J connectivity index is 1.57. The van der Waals surface area contributed by atoms with Crippen LogP contribution in [-0.2, 0) is 0 Å². The summed E-state index contributed by atoms with van der Waals surface area (Å²) in [7, 11) is 0. The smallest absolute Gasteiger partial charge is 0.283 e. The minimum atomic E-state index is -0.582. The first kappa shape index (κ1) is 15.8. The van der Waals surface area contributed by atoms with Crippen LogP contribution in [0.2, 0.25) is 0 Å². The molecule has 0 fully saturated rings. The van der Waals surface area contributed by atoms with Crippen molar-refractivity contribution < 1.29 is 18.0 Å². The minimum absolute atomic E-state index is 0.0317. The zero-order valence-corrected chi connectivity index (χ0v) is 13.3. The molecule has 0 radical (unpaired) electrons. The van der Waals surface area contributed by atoms with E-state index >= 15 is 0 Å². The van der Waals surface area contributed by atoms with Crippen molar-refractivity contribution in [2.45, 2.75) is 0 Å². The van der Waals surface area contributed by atoms with Crippen molar-refractivity contribution in [2.24, 2.45) is 0 Å². The van der Waals surface area contributed by atoms with Gasteiger partial charge in [-0.25, -0.2) is 4.39 Å². The van der Waals surface area contributed by atoms with Crippen LogP contribution in [-0.4, -0.2) is 16.1 Å². The number of hydrogen-bond donors (Lipinski definition) is 1. The molecule has 0 aliphatic rings. The van der Waals surface area contributed by atoms with Gasteiger partial charge in [0.1, 0.15) is 5.82 Å². The molecule has 6 nitrogen and oxygen atoms in total. The number of benzene rings is 2. The van der Waals surface area contributed by atoms with Crippen LogP contribution in [0.4, 0.5) is 10.1 Å². The Hall–Kier alpha value is -3.74. The molecule has 0 spiro atoms. The van der Waals surface area contributed by atoms with Crippen LogP contribution in [0.3, 0.4) is 0 Å². The fraction of sp³-hybridized carbons (Fsp3) is 0. The van der Waals surface area contributed by atoms with Crippen LogP contribution >= 0.6 is 0 Å². The van der Waals surface area contributed by atoms with E-state index in [-0.39, 0.29) is 17.3 Å². The fourth-order valence-electron chi connectivity index (χ4n) is 2.41. The number of halogens is 1. The van der Waals surface area contributed by atoms with Gasteiger partial charge in [-0.15, -0.1) is 10.2 Å². The van der Waals surface area contributed by atoms with Gasteiger partial charge in [0.15, 0.2) is 5.76 Å². The molecule has 4 rings (SSSR count). The van der Waals surface area contributed by atoms with Crippen molar-refractivity contribution in [2.75, 3.05) is 5.32 Å². The molecule has 26 heavy (non-hydrogen) atoms. The van der Waals surface area contributed by atoms with Crippen LogP contribution in [0.15, 0.2) is 75.8 Å². The van der Waals surface area contributed by atoms with E-state index in [1.807, 2.05) is 0 Å². The van der Waals surface area contributed by atoms with Gasteiger partial charge in [-0.1, -0.05) is 18.2 Å². The SMILES string of the molecule is O=C(Nc1cccc(-c2nnc(-c3ccco3)o2)c1)c1ccccc1F. The van der Waals surface area contributed by atoms with Crippen LogP contribution < -0.4 is 5.32 Å². The normalized spacial score (nSPS) is 10.7. The number of furan rings is 1. The second kappa shape index (κ2) is 6.64. The van der Waals surface area contributed by atoms with Gasteiger partial charge in [0, 0.05) is 11.3 Å². The maximum Gasteiger partial charge on any atom is 0.283 e. The van der Waals surface area contributed by atoms with Crippen LogP contribution in [0, 0.1) is 5.82 Å². The molecule has 0 aliphatic heterocycles. The summed E-state index contributed by atoms with van der Waals surface area (Å²) < 4.78 is 24.5. The molecule has 2 aromatic carbocycles.